The molecule has 1 N–H and O–H groups in total. The van der Waals surface area contributed by atoms with E-state index >= 15 is 0 Å². The van der Waals surface area contributed by atoms with Crippen molar-refractivity contribution < 1.29 is 5.11 Å². The number of aromatic hydroxyl groups is 1. The first-order chi connectivity index (χ1) is 3.77. The zero-order valence-corrected chi connectivity index (χ0v) is 4.77. The first-order valence-corrected chi connectivity index (χ1v) is 2.74. The highest BCUT2D eigenvalue weighted by Gasteiger charge is 2.18. The molecule has 0 atom stereocenters. The van der Waals surface area contributed by atoms with Crippen molar-refractivity contribution in [1.29, 1.82) is 0 Å². The fourth-order valence-electron chi connectivity index (χ4n) is 0.678. The number of hydrogen-bond acceptors (Lipinski definition) is 2. The lowest BCUT2D eigenvalue weighted by Crippen LogP contribution is -1.79. The minimum atomic E-state index is -0.133. The minimum Gasteiger partial charge on any atom is -0.504 e. The lowest BCUT2D eigenvalue weighted by atomic mass is 10.3. The molecule has 0 saturated heterocycles. The lowest BCUT2D eigenvalue weighted by molar-refractivity contribution is 0.485. The van der Waals surface area contributed by atoms with E-state index in [0.29, 0.717) is 5.56 Å². The summed E-state index contributed by atoms with van der Waals surface area (Å²) in [5, 5.41) is 8.56. The first kappa shape index (κ1) is 5.35. The molecule has 0 saturated carbocycles. The van der Waals surface area contributed by atoms with Gasteiger partial charge in [0, 0.05) is 5.56 Å². The lowest BCUT2D eigenvalue weighted by Gasteiger charge is -1.76. The van der Waals surface area contributed by atoms with Crippen LogP contribution in [0.4, 0.5) is 0 Å². The van der Waals surface area contributed by atoms with Gasteiger partial charge in [-0.15, -0.1) is 0 Å². The number of rotatable bonds is 2. The van der Waals surface area contributed by atoms with Crippen LogP contribution in [0.3, 0.4) is 0 Å². The van der Waals surface area contributed by atoms with Crippen molar-refractivity contribution >= 4 is 0 Å². The van der Waals surface area contributed by atoms with Crippen LogP contribution in [0.1, 0.15) is 18.9 Å². The van der Waals surface area contributed by atoms with E-state index in [9.17, 15) is 4.79 Å². The normalized spacial score (nSPS) is 10.6. The Kier molecular flexibility index (Phi) is 1.08. The molecule has 0 heterocycles. The highest BCUT2D eigenvalue weighted by Crippen LogP contribution is 2.17. The molecular formula is C6H8O2. The third-order valence-electron chi connectivity index (χ3n) is 1.21. The highest BCUT2D eigenvalue weighted by molar-refractivity contribution is 5.44. The molecule has 1 aromatic rings. The average Bonchev–Trinajstić information content (AvgIpc) is 2.25. The van der Waals surface area contributed by atoms with Gasteiger partial charge >= 0.3 is 0 Å². The third-order valence-corrected chi connectivity index (χ3v) is 1.21. The molecule has 0 fully saturated rings. The van der Waals surface area contributed by atoms with Gasteiger partial charge in [0.15, 0.2) is 5.75 Å². The Bertz CT molecular complexity index is 194. The van der Waals surface area contributed by atoms with E-state index in [0.717, 1.165) is 12.8 Å². The van der Waals surface area contributed by atoms with Gasteiger partial charge in [0.1, 0.15) is 0 Å². The fraction of sp³-hybridized carbons (Fsp3) is 0.500. The van der Waals surface area contributed by atoms with Crippen LogP contribution in [0, 0.1) is 0 Å². The molecule has 0 aromatic heterocycles. The van der Waals surface area contributed by atoms with Crippen LogP contribution in [0.5, 0.6) is 5.75 Å². The van der Waals surface area contributed by atoms with Gasteiger partial charge in [-0.2, -0.15) is 0 Å². The molecule has 0 aliphatic carbocycles. The second-order valence-electron chi connectivity index (χ2n) is 1.91. The molecule has 0 unspecified atom stereocenters. The Hall–Kier alpha value is -0.790. The number of hydrogen-bond donors (Lipinski definition) is 1. The molecule has 0 radical (unpaired) electrons. The molecule has 44 valence electrons. The van der Waals surface area contributed by atoms with Crippen molar-refractivity contribution in [2.45, 2.75) is 19.8 Å². The van der Waals surface area contributed by atoms with Crippen molar-refractivity contribution in [2.24, 2.45) is 0 Å². The third kappa shape index (κ3) is 0.619. The predicted octanol–water partition coefficient (Wildman–Crippen LogP) is 0.581. The van der Waals surface area contributed by atoms with Crippen LogP contribution in [0.15, 0.2) is 4.79 Å². The SMILES string of the molecule is CCCc1c(O)c1=O. The molecule has 2 heteroatoms. The molecule has 1 aromatic carbocycles. The van der Waals surface area contributed by atoms with Crippen LogP contribution in [0.25, 0.3) is 0 Å². The maximum absolute atomic E-state index is 10.3. The van der Waals surface area contributed by atoms with Crippen LogP contribution in [0.2, 0.25) is 0 Å². The van der Waals surface area contributed by atoms with Crippen LogP contribution in [-0.2, 0) is 6.42 Å². The fourth-order valence-corrected chi connectivity index (χ4v) is 0.678. The molecule has 0 amide bonds. The van der Waals surface area contributed by atoms with Gasteiger partial charge in [0.05, 0.1) is 0 Å². The van der Waals surface area contributed by atoms with Gasteiger partial charge in [-0.3, -0.25) is 4.79 Å². The zero-order chi connectivity index (χ0) is 6.15. The van der Waals surface area contributed by atoms with E-state index in [1.54, 1.807) is 0 Å². The molecule has 0 bridgehead atoms. The van der Waals surface area contributed by atoms with Crippen molar-refractivity contribution in [3.8, 4) is 5.75 Å². The summed E-state index contributed by atoms with van der Waals surface area (Å²) in [4.78, 5) is 10.3. The summed E-state index contributed by atoms with van der Waals surface area (Å²) in [6, 6.07) is 0. The van der Waals surface area contributed by atoms with Crippen molar-refractivity contribution in [2.75, 3.05) is 0 Å². The molecule has 2 nitrogen and oxygen atoms in total. The topological polar surface area (TPSA) is 37.3 Å². The summed E-state index contributed by atoms with van der Waals surface area (Å²) >= 11 is 0. The zero-order valence-electron chi connectivity index (χ0n) is 4.77. The molecule has 0 aliphatic heterocycles. The Morgan fingerprint density at radius 3 is 2.25 bits per heavy atom. The summed E-state index contributed by atoms with van der Waals surface area (Å²) in [5.41, 5.74) is 0.499. The summed E-state index contributed by atoms with van der Waals surface area (Å²) < 4.78 is 0. The Morgan fingerprint density at radius 1 is 1.62 bits per heavy atom. The van der Waals surface area contributed by atoms with Crippen LogP contribution < -0.4 is 5.43 Å². The Morgan fingerprint density at radius 2 is 2.12 bits per heavy atom. The molecule has 0 aliphatic rings. The largest absolute Gasteiger partial charge is 0.504 e. The maximum Gasteiger partial charge on any atom is 0.227 e. The van der Waals surface area contributed by atoms with Gasteiger partial charge < -0.3 is 5.11 Å². The van der Waals surface area contributed by atoms with Gasteiger partial charge in [-0.1, -0.05) is 13.3 Å². The monoisotopic (exact) mass is 112 g/mol. The summed E-state index contributed by atoms with van der Waals surface area (Å²) in [6.07, 6.45) is 1.68. The Balaban J connectivity index is 2.54. The minimum absolute atomic E-state index is 0.00634. The Labute approximate surface area is 47.5 Å². The first-order valence-electron chi connectivity index (χ1n) is 2.74. The van der Waals surface area contributed by atoms with Gasteiger partial charge in [0.25, 0.3) is 0 Å². The van der Waals surface area contributed by atoms with E-state index in [2.05, 4.69) is 0 Å². The van der Waals surface area contributed by atoms with E-state index in [1.807, 2.05) is 6.92 Å². The van der Waals surface area contributed by atoms with E-state index < -0.39 is 0 Å². The summed E-state index contributed by atoms with van der Waals surface area (Å²) in [7, 11) is 0. The molecule has 1 rings (SSSR count). The van der Waals surface area contributed by atoms with Crippen molar-refractivity contribution in [3.63, 3.8) is 0 Å². The average molecular weight is 112 g/mol. The van der Waals surface area contributed by atoms with Gasteiger partial charge in [0.2, 0.25) is 5.43 Å². The standard InChI is InChI=1S/C6H8O2/c1-2-3-4-5(7)6(4)8/h7H,2-3H2,1H3. The molecule has 0 spiro atoms. The molecular weight excluding hydrogens is 104 g/mol. The maximum atomic E-state index is 10.3. The van der Waals surface area contributed by atoms with Gasteiger partial charge in [-0.05, 0) is 6.42 Å². The van der Waals surface area contributed by atoms with Crippen LogP contribution in [-0.4, -0.2) is 5.11 Å². The van der Waals surface area contributed by atoms with Gasteiger partial charge in [-0.25, -0.2) is 0 Å². The summed E-state index contributed by atoms with van der Waals surface area (Å²) in [6.45, 7) is 1.98. The second kappa shape index (κ2) is 1.62. The van der Waals surface area contributed by atoms with Crippen molar-refractivity contribution in [3.05, 3.63) is 15.8 Å². The van der Waals surface area contributed by atoms with Crippen molar-refractivity contribution in [1.82, 2.24) is 0 Å². The van der Waals surface area contributed by atoms with E-state index in [4.69, 9.17) is 5.11 Å². The predicted molar refractivity (Wildman–Crippen MR) is 30.7 cm³/mol. The van der Waals surface area contributed by atoms with E-state index in [1.165, 1.54) is 0 Å². The van der Waals surface area contributed by atoms with E-state index in [-0.39, 0.29) is 11.2 Å². The smallest absolute Gasteiger partial charge is 0.227 e. The molecule has 8 heavy (non-hydrogen) atoms. The quantitative estimate of drug-likeness (QED) is 0.607. The highest BCUT2D eigenvalue weighted by atomic mass is 16.3. The van der Waals surface area contributed by atoms with Crippen LogP contribution >= 0.6 is 0 Å². The summed E-state index contributed by atoms with van der Waals surface area (Å²) in [5.74, 6) is 0.00634. The second-order valence-corrected chi connectivity index (χ2v) is 1.91.